The molecule has 106 valence electrons. The van der Waals surface area contributed by atoms with Crippen molar-refractivity contribution in [1.29, 1.82) is 0 Å². The van der Waals surface area contributed by atoms with Crippen LogP contribution in [0.25, 0.3) is 0 Å². The second kappa shape index (κ2) is 3.94. The van der Waals surface area contributed by atoms with E-state index >= 15 is 0 Å². The van der Waals surface area contributed by atoms with Crippen LogP contribution in [0, 0.1) is 6.92 Å². The molecule has 1 aromatic heterocycles. The fraction of sp³-hybridized carbons (Fsp3) is 0.500. The lowest BCUT2D eigenvalue weighted by molar-refractivity contribution is -0.144. The number of ether oxygens (including phenoxy) is 1. The maximum Gasteiger partial charge on any atom is 0.337 e. The Morgan fingerprint density at radius 2 is 2.15 bits per heavy atom. The third kappa shape index (κ3) is 1.75. The lowest BCUT2D eigenvalue weighted by Crippen LogP contribution is -2.38. The van der Waals surface area contributed by atoms with Crippen LogP contribution in [0.15, 0.2) is 17.5 Å². The summed E-state index contributed by atoms with van der Waals surface area (Å²) in [5.41, 5.74) is 2.11. The van der Waals surface area contributed by atoms with E-state index < -0.39 is 5.60 Å². The number of nitrogens with one attached hydrogen (secondary N) is 1. The minimum Gasteiger partial charge on any atom is -0.450 e. The molecule has 0 unspecified atom stereocenters. The van der Waals surface area contributed by atoms with Crippen molar-refractivity contribution >= 4 is 11.9 Å². The minimum absolute atomic E-state index is 0.0941. The van der Waals surface area contributed by atoms with Crippen LogP contribution in [0.2, 0.25) is 0 Å². The summed E-state index contributed by atoms with van der Waals surface area (Å²) in [6.07, 6.45) is 2.11. The summed E-state index contributed by atoms with van der Waals surface area (Å²) in [6, 6.07) is 0. The van der Waals surface area contributed by atoms with Crippen LogP contribution in [0.3, 0.4) is 0 Å². The summed E-state index contributed by atoms with van der Waals surface area (Å²) < 4.78 is 7.08. The quantitative estimate of drug-likeness (QED) is 0.774. The molecular weight excluding hydrogens is 258 g/mol. The van der Waals surface area contributed by atoms with E-state index in [0.29, 0.717) is 11.3 Å². The molecule has 0 aromatic carbocycles. The molecule has 1 amide bonds. The van der Waals surface area contributed by atoms with Crippen LogP contribution in [0.5, 0.6) is 0 Å². The van der Waals surface area contributed by atoms with Gasteiger partial charge in [0.25, 0.3) is 0 Å². The van der Waals surface area contributed by atoms with Crippen molar-refractivity contribution in [1.82, 2.24) is 15.1 Å². The van der Waals surface area contributed by atoms with Crippen molar-refractivity contribution in [3.8, 4) is 0 Å². The second-order valence-corrected chi connectivity index (χ2v) is 5.84. The molecule has 20 heavy (non-hydrogen) atoms. The Balaban J connectivity index is 2.16. The molecule has 1 atom stereocenters. The zero-order chi connectivity index (χ0) is 14.7. The lowest BCUT2D eigenvalue weighted by atomic mass is 9.83. The number of hydrogen-bond donors (Lipinski definition) is 1. The minimum atomic E-state index is -0.781. The van der Waals surface area contributed by atoms with E-state index in [2.05, 4.69) is 10.4 Å². The SMILES string of the molecule is Cc1nn(C)cc1[C@@H]1CC(=O)NC2=C1C(=O)OC2(C)C. The van der Waals surface area contributed by atoms with E-state index in [9.17, 15) is 9.59 Å². The third-order valence-corrected chi connectivity index (χ3v) is 3.87. The highest BCUT2D eigenvalue weighted by Crippen LogP contribution is 2.43. The Hall–Kier alpha value is -2.11. The monoisotopic (exact) mass is 275 g/mol. The van der Waals surface area contributed by atoms with E-state index in [0.717, 1.165) is 11.3 Å². The Morgan fingerprint density at radius 3 is 2.75 bits per heavy atom. The molecule has 3 heterocycles. The van der Waals surface area contributed by atoms with Gasteiger partial charge in [-0.25, -0.2) is 4.79 Å². The van der Waals surface area contributed by atoms with Crippen molar-refractivity contribution in [2.45, 2.75) is 38.7 Å². The highest BCUT2D eigenvalue weighted by Gasteiger charge is 2.48. The van der Waals surface area contributed by atoms with Gasteiger partial charge in [0.2, 0.25) is 5.91 Å². The smallest absolute Gasteiger partial charge is 0.337 e. The summed E-state index contributed by atoms with van der Waals surface area (Å²) in [6.45, 7) is 5.45. The first-order chi connectivity index (χ1) is 9.29. The van der Waals surface area contributed by atoms with E-state index in [1.807, 2.05) is 20.2 Å². The van der Waals surface area contributed by atoms with Gasteiger partial charge in [-0.05, 0) is 20.8 Å². The Bertz CT molecular complexity index is 655. The van der Waals surface area contributed by atoms with Crippen molar-refractivity contribution in [2.75, 3.05) is 0 Å². The molecule has 1 N–H and O–H groups in total. The lowest BCUT2D eigenvalue weighted by Gasteiger charge is -2.26. The molecule has 0 fully saturated rings. The molecule has 6 heteroatoms. The summed E-state index contributed by atoms with van der Waals surface area (Å²) in [5, 5.41) is 7.09. The first-order valence-electron chi connectivity index (χ1n) is 6.57. The average molecular weight is 275 g/mol. The molecule has 6 nitrogen and oxygen atoms in total. The van der Waals surface area contributed by atoms with E-state index in [4.69, 9.17) is 4.74 Å². The second-order valence-electron chi connectivity index (χ2n) is 5.84. The predicted molar refractivity (Wildman–Crippen MR) is 70.6 cm³/mol. The molecule has 1 aromatic rings. The Kier molecular flexibility index (Phi) is 2.54. The Morgan fingerprint density at radius 1 is 1.45 bits per heavy atom. The van der Waals surface area contributed by atoms with Crippen LogP contribution in [-0.4, -0.2) is 27.3 Å². The zero-order valence-corrected chi connectivity index (χ0v) is 12.0. The number of carbonyl (C=O) groups is 2. The highest BCUT2D eigenvalue weighted by molar-refractivity contribution is 5.99. The van der Waals surface area contributed by atoms with Crippen LogP contribution >= 0.6 is 0 Å². The van der Waals surface area contributed by atoms with Crippen molar-refractivity contribution in [2.24, 2.45) is 7.05 Å². The molecule has 0 saturated heterocycles. The van der Waals surface area contributed by atoms with Gasteiger partial charge in [0, 0.05) is 31.1 Å². The van der Waals surface area contributed by atoms with Crippen molar-refractivity contribution < 1.29 is 14.3 Å². The van der Waals surface area contributed by atoms with Crippen LogP contribution in [0.1, 0.15) is 37.4 Å². The summed E-state index contributed by atoms with van der Waals surface area (Å²) in [5.74, 6) is -0.719. The maximum atomic E-state index is 12.2. The van der Waals surface area contributed by atoms with Crippen molar-refractivity contribution in [3.63, 3.8) is 0 Å². The number of nitrogens with zero attached hydrogens (tertiary/aromatic N) is 2. The van der Waals surface area contributed by atoms with Gasteiger partial charge in [0.1, 0.15) is 5.60 Å². The molecule has 2 aliphatic heterocycles. The van der Waals surface area contributed by atoms with E-state index in [1.54, 1.807) is 18.5 Å². The normalized spacial score (nSPS) is 24.5. The average Bonchev–Trinajstić information content (AvgIpc) is 2.76. The first kappa shape index (κ1) is 12.9. The highest BCUT2D eigenvalue weighted by atomic mass is 16.6. The fourth-order valence-electron chi connectivity index (χ4n) is 3.00. The van der Waals surface area contributed by atoms with Gasteiger partial charge in [0.15, 0.2) is 0 Å². The Labute approximate surface area is 116 Å². The molecule has 2 aliphatic rings. The summed E-state index contributed by atoms with van der Waals surface area (Å²) in [7, 11) is 1.82. The van der Waals surface area contributed by atoms with Gasteiger partial charge in [-0.1, -0.05) is 0 Å². The molecule has 0 saturated carbocycles. The number of hydrogen-bond acceptors (Lipinski definition) is 4. The topological polar surface area (TPSA) is 73.2 Å². The number of esters is 1. The van der Waals surface area contributed by atoms with Gasteiger partial charge < -0.3 is 10.1 Å². The van der Waals surface area contributed by atoms with Crippen LogP contribution in [-0.2, 0) is 21.4 Å². The van der Waals surface area contributed by atoms with Crippen LogP contribution < -0.4 is 5.32 Å². The first-order valence-corrected chi connectivity index (χ1v) is 6.57. The largest absolute Gasteiger partial charge is 0.450 e. The van der Waals surface area contributed by atoms with Crippen molar-refractivity contribution in [3.05, 3.63) is 28.7 Å². The molecule has 0 radical (unpaired) electrons. The van der Waals surface area contributed by atoms with E-state index in [-0.39, 0.29) is 24.2 Å². The summed E-state index contributed by atoms with van der Waals surface area (Å²) >= 11 is 0. The van der Waals surface area contributed by atoms with Gasteiger partial charge in [-0.3, -0.25) is 9.48 Å². The number of aryl methyl sites for hydroxylation is 2. The predicted octanol–water partition coefficient (Wildman–Crippen LogP) is 0.922. The third-order valence-electron chi connectivity index (χ3n) is 3.87. The molecule has 0 bridgehead atoms. The van der Waals surface area contributed by atoms with Gasteiger partial charge in [-0.2, -0.15) is 5.10 Å². The van der Waals surface area contributed by atoms with Gasteiger partial charge in [0.05, 0.1) is 17.0 Å². The van der Waals surface area contributed by atoms with Gasteiger partial charge >= 0.3 is 5.97 Å². The zero-order valence-electron chi connectivity index (χ0n) is 12.0. The molecular formula is C14H17N3O3. The number of rotatable bonds is 1. The number of carbonyl (C=O) groups excluding carboxylic acids is 2. The van der Waals surface area contributed by atoms with Gasteiger partial charge in [-0.15, -0.1) is 0 Å². The maximum absolute atomic E-state index is 12.2. The molecule has 0 spiro atoms. The molecule has 0 aliphatic carbocycles. The number of cyclic esters (lactones) is 1. The summed E-state index contributed by atoms with van der Waals surface area (Å²) in [4.78, 5) is 24.1. The number of aromatic nitrogens is 2. The fourth-order valence-corrected chi connectivity index (χ4v) is 3.00. The van der Waals surface area contributed by atoms with Crippen LogP contribution in [0.4, 0.5) is 0 Å². The van der Waals surface area contributed by atoms with E-state index in [1.165, 1.54) is 0 Å². The standard InChI is InChI=1S/C14H17N3O3/c1-7-9(6-17(4)16-7)8-5-10(18)15-12-11(8)13(19)20-14(12,2)3/h6,8H,5H2,1-4H3,(H,15,18)/t8-/m0/s1. The molecule has 3 rings (SSSR count). The number of amides is 1.